The Morgan fingerprint density at radius 1 is 1.42 bits per heavy atom. The van der Waals surface area contributed by atoms with Crippen LogP contribution in [-0.4, -0.2) is 45.4 Å². The van der Waals surface area contributed by atoms with Crippen LogP contribution in [0.4, 0.5) is 14.7 Å². The number of piperidine rings is 1. The van der Waals surface area contributed by atoms with Crippen molar-refractivity contribution in [1.29, 1.82) is 0 Å². The number of fused-ring (bicyclic) bond motifs is 1. The highest BCUT2D eigenvalue weighted by atomic mass is 32.2. The van der Waals surface area contributed by atoms with Crippen molar-refractivity contribution in [3.8, 4) is 0 Å². The van der Waals surface area contributed by atoms with Gasteiger partial charge in [0.15, 0.2) is 0 Å². The summed E-state index contributed by atoms with van der Waals surface area (Å²) in [7, 11) is 1.89. The number of nitrogens with one attached hydrogen (secondary N) is 3. The van der Waals surface area contributed by atoms with Crippen LogP contribution in [-0.2, 0) is 0 Å². The molecule has 1 saturated heterocycles. The van der Waals surface area contributed by atoms with Gasteiger partial charge < -0.3 is 10.3 Å². The molecule has 0 bridgehead atoms. The highest BCUT2D eigenvalue weighted by Crippen LogP contribution is 2.20. The zero-order valence-corrected chi connectivity index (χ0v) is 13.9. The summed E-state index contributed by atoms with van der Waals surface area (Å²) in [5, 5.41) is 3.63. The molecular formula is C14H18F2N6OS. The molecule has 7 nitrogen and oxygen atoms in total. The molecule has 1 fully saturated rings. The maximum absolute atomic E-state index is 12.7. The summed E-state index contributed by atoms with van der Waals surface area (Å²) in [6.45, 7) is 1.87. The zero-order valence-electron chi connectivity index (χ0n) is 13.1. The monoisotopic (exact) mass is 356 g/mol. The number of aromatic amines is 1. The Bertz CT molecular complexity index is 763. The van der Waals surface area contributed by atoms with E-state index < -0.39 is 17.5 Å². The molecule has 0 unspecified atom stereocenters. The van der Waals surface area contributed by atoms with Gasteiger partial charge in [-0.05, 0) is 26.0 Å². The van der Waals surface area contributed by atoms with Gasteiger partial charge in [0.25, 0.3) is 12.0 Å². The largest absolute Gasteiger partial charge is 0.351 e. The van der Waals surface area contributed by atoms with Gasteiger partial charge in [-0.2, -0.15) is 4.98 Å². The summed E-state index contributed by atoms with van der Waals surface area (Å²) < 4.78 is 30.8. The van der Waals surface area contributed by atoms with Crippen LogP contribution in [0.3, 0.4) is 0 Å². The predicted octanol–water partition coefficient (Wildman–Crippen LogP) is 1.91. The Labute approximate surface area is 141 Å². The van der Waals surface area contributed by atoms with Crippen molar-refractivity contribution in [2.24, 2.45) is 0 Å². The number of hydrogen-bond donors (Lipinski definition) is 3. The van der Waals surface area contributed by atoms with E-state index in [0.29, 0.717) is 11.3 Å². The fraction of sp³-hybridized carbons (Fsp3) is 0.500. The van der Waals surface area contributed by atoms with E-state index in [4.69, 9.17) is 0 Å². The lowest BCUT2D eigenvalue weighted by molar-refractivity contribution is 0.150. The van der Waals surface area contributed by atoms with Gasteiger partial charge in [-0.25, -0.2) is 18.1 Å². The molecule has 0 spiro atoms. The lowest BCUT2D eigenvalue weighted by Gasteiger charge is -2.30. The third kappa shape index (κ3) is 3.82. The second kappa shape index (κ2) is 7.41. The molecule has 1 aliphatic heterocycles. The van der Waals surface area contributed by atoms with Crippen molar-refractivity contribution < 1.29 is 8.78 Å². The van der Waals surface area contributed by atoms with Gasteiger partial charge in [0.2, 0.25) is 5.95 Å². The third-order valence-electron chi connectivity index (χ3n) is 3.86. The van der Waals surface area contributed by atoms with Crippen LogP contribution >= 0.6 is 12.1 Å². The number of alkyl halides is 2. The molecule has 0 saturated carbocycles. The van der Waals surface area contributed by atoms with Crippen molar-refractivity contribution in [1.82, 2.24) is 24.0 Å². The average molecular weight is 356 g/mol. The van der Waals surface area contributed by atoms with Gasteiger partial charge >= 0.3 is 0 Å². The molecular weight excluding hydrogens is 338 g/mol. The van der Waals surface area contributed by atoms with E-state index in [1.54, 1.807) is 12.1 Å². The van der Waals surface area contributed by atoms with Crippen molar-refractivity contribution in [2.45, 2.75) is 25.3 Å². The smallest absolute Gasteiger partial charge is 0.269 e. The van der Waals surface area contributed by atoms with Crippen molar-refractivity contribution in [3.05, 3.63) is 28.2 Å². The number of H-pyrrole nitrogens is 1. The molecule has 0 aliphatic carbocycles. The molecule has 0 aromatic carbocycles. The minimum absolute atomic E-state index is 0.239. The lowest BCUT2D eigenvalue weighted by Crippen LogP contribution is -2.37. The lowest BCUT2D eigenvalue weighted by atomic mass is 10.1. The first-order chi connectivity index (χ1) is 11.6. The molecule has 2 aromatic rings. The van der Waals surface area contributed by atoms with Gasteiger partial charge in [0.1, 0.15) is 5.65 Å². The van der Waals surface area contributed by atoms with Crippen molar-refractivity contribution in [3.63, 3.8) is 0 Å². The van der Waals surface area contributed by atoms with E-state index in [0.717, 1.165) is 32.0 Å². The minimum Gasteiger partial charge on any atom is -0.351 e. The maximum atomic E-state index is 12.7. The van der Waals surface area contributed by atoms with E-state index in [1.807, 2.05) is 7.05 Å². The second-order valence-electron chi connectivity index (χ2n) is 5.50. The quantitative estimate of drug-likeness (QED) is 0.706. The molecule has 3 rings (SSSR count). The number of hydrogen-bond acceptors (Lipinski definition) is 7. The molecule has 0 atom stereocenters. The van der Waals surface area contributed by atoms with Crippen LogP contribution in [0.1, 0.15) is 24.8 Å². The van der Waals surface area contributed by atoms with Crippen LogP contribution in [0, 0.1) is 0 Å². The average Bonchev–Trinajstić information content (AvgIpc) is 2.56. The number of pyridine rings is 1. The number of halogens is 2. The van der Waals surface area contributed by atoms with Gasteiger partial charge in [-0.15, -0.1) is 0 Å². The summed E-state index contributed by atoms with van der Waals surface area (Å²) in [5.74, 6) is 0.391. The van der Waals surface area contributed by atoms with Crippen molar-refractivity contribution in [2.75, 3.05) is 25.5 Å². The summed E-state index contributed by atoms with van der Waals surface area (Å²) in [6, 6.07) is 1.37. The Kier molecular flexibility index (Phi) is 5.27. The SMILES string of the molecule is CNSN1CCC(Nc2ncc3cc(C(F)F)c(=O)[nH]c3n2)CC1. The first kappa shape index (κ1) is 17.1. The minimum atomic E-state index is -2.82. The van der Waals surface area contributed by atoms with Crippen LogP contribution in [0.5, 0.6) is 0 Å². The summed E-state index contributed by atoms with van der Waals surface area (Å²) >= 11 is 1.59. The normalized spacial score (nSPS) is 16.8. The fourth-order valence-electron chi connectivity index (χ4n) is 2.64. The second-order valence-corrected chi connectivity index (χ2v) is 6.60. The molecule has 2 aromatic heterocycles. The first-order valence-corrected chi connectivity index (χ1v) is 8.37. The van der Waals surface area contributed by atoms with Crippen LogP contribution in [0.25, 0.3) is 11.0 Å². The standard InChI is InChI=1S/C14H18F2N6OS/c1-17-24-22-4-2-9(3-5-22)19-14-18-7-8-6-10(11(15)16)13(23)20-12(8)21-14/h6-7,9,11,17H,2-5H2,1H3,(H2,18,19,20,21,23). The molecule has 1 aliphatic rings. The summed E-state index contributed by atoms with van der Waals surface area (Å²) in [6.07, 6.45) is 0.503. The van der Waals surface area contributed by atoms with E-state index in [-0.39, 0.29) is 11.7 Å². The van der Waals surface area contributed by atoms with Gasteiger partial charge in [0.05, 0.1) is 5.56 Å². The zero-order chi connectivity index (χ0) is 17.1. The highest BCUT2D eigenvalue weighted by molar-refractivity contribution is 7.95. The Morgan fingerprint density at radius 3 is 2.83 bits per heavy atom. The molecule has 3 heterocycles. The molecule has 10 heteroatoms. The van der Waals surface area contributed by atoms with Crippen LogP contribution < -0.4 is 15.6 Å². The summed E-state index contributed by atoms with van der Waals surface area (Å²) in [5.41, 5.74) is -1.13. The van der Waals surface area contributed by atoms with E-state index >= 15 is 0 Å². The number of anilines is 1. The fourth-order valence-corrected chi connectivity index (χ4v) is 3.30. The van der Waals surface area contributed by atoms with Crippen LogP contribution in [0.15, 0.2) is 17.1 Å². The van der Waals surface area contributed by atoms with E-state index in [9.17, 15) is 13.6 Å². The number of aromatic nitrogens is 3. The Morgan fingerprint density at radius 2 is 2.17 bits per heavy atom. The van der Waals surface area contributed by atoms with Gasteiger partial charge in [0, 0.05) is 42.8 Å². The highest BCUT2D eigenvalue weighted by Gasteiger charge is 2.20. The third-order valence-corrected chi connectivity index (χ3v) is 4.67. The number of rotatable bonds is 5. The van der Waals surface area contributed by atoms with Crippen molar-refractivity contribution >= 4 is 29.1 Å². The molecule has 3 N–H and O–H groups in total. The van der Waals surface area contributed by atoms with E-state index in [1.165, 1.54) is 6.20 Å². The molecule has 130 valence electrons. The number of nitrogens with zero attached hydrogens (tertiary/aromatic N) is 3. The van der Waals surface area contributed by atoms with Gasteiger partial charge in [-0.3, -0.25) is 9.52 Å². The van der Waals surface area contributed by atoms with Crippen LogP contribution in [0.2, 0.25) is 0 Å². The molecule has 24 heavy (non-hydrogen) atoms. The van der Waals surface area contributed by atoms with E-state index in [2.05, 4.69) is 29.3 Å². The van der Waals surface area contributed by atoms with Gasteiger partial charge in [-0.1, -0.05) is 0 Å². The predicted molar refractivity (Wildman–Crippen MR) is 90.0 cm³/mol. The first-order valence-electron chi connectivity index (χ1n) is 7.60. The maximum Gasteiger partial charge on any atom is 0.269 e. The Balaban J connectivity index is 1.72. The Hall–Kier alpha value is -1.78. The molecule has 0 amide bonds. The topological polar surface area (TPSA) is 85.9 Å². The molecule has 0 radical (unpaired) electrons. The summed E-state index contributed by atoms with van der Waals surface area (Å²) in [4.78, 5) is 22.4.